The number of ether oxygens (including phenoxy) is 1. The summed E-state index contributed by atoms with van der Waals surface area (Å²) in [6, 6.07) is 8.00. The molecular weight excluding hydrogens is 214 g/mol. The fraction of sp³-hybridized carbons (Fsp3) is 0.538. The van der Waals surface area contributed by atoms with Crippen LogP contribution in [0.5, 0.6) is 0 Å². The first kappa shape index (κ1) is 12.2. The third kappa shape index (κ3) is 3.35. The lowest BCUT2D eigenvalue weighted by molar-refractivity contribution is 0.0393. The van der Waals surface area contributed by atoms with Gasteiger partial charge in [-0.05, 0) is 12.1 Å². The molecular formula is C13H21N3O. The molecule has 0 amide bonds. The molecule has 2 N–H and O–H groups in total. The van der Waals surface area contributed by atoms with Gasteiger partial charge in [-0.2, -0.15) is 0 Å². The van der Waals surface area contributed by atoms with Crippen LogP contribution in [0.2, 0.25) is 0 Å². The van der Waals surface area contributed by atoms with Crippen LogP contribution in [0.4, 0.5) is 11.4 Å². The second kappa shape index (κ2) is 5.89. The molecule has 0 unspecified atom stereocenters. The molecule has 0 bridgehead atoms. The van der Waals surface area contributed by atoms with Crippen LogP contribution in [0.15, 0.2) is 24.3 Å². The van der Waals surface area contributed by atoms with Crippen molar-refractivity contribution >= 4 is 11.4 Å². The van der Waals surface area contributed by atoms with Gasteiger partial charge in [-0.3, -0.25) is 4.90 Å². The number of para-hydroxylation sites is 2. The molecule has 0 spiro atoms. The van der Waals surface area contributed by atoms with Crippen LogP contribution in [-0.2, 0) is 4.74 Å². The van der Waals surface area contributed by atoms with E-state index in [1.54, 1.807) is 0 Å². The van der Waals surface area contributed by atoms with Gasteiger partial charge in [0.25, 0.3) is 0 Å². The van der Waals surface area contributed by atoms with Gasteiger partial charge in [0.1, 0.15) is 0 Å². The number of nitrogens with two attached hydrogens (primary N) is 1. The Morgan fingerprint density at radius 1 is 1.29 bits per heavy atom. The SMILES string of the molecule is CN(CCN1CCOCC1)c1ccccc1N. The maximum Gasteiger partial charge on any atom is 0.0597 e. The van der Waals surface area contributed by atoms with Crippen molar-refractivity contribution in [1.29, 1.82) is 0 Å². The van der Waals surface area contributed by atoms with E-state index in [1.165, 1.54) is 0 Å². The smallest absolute Gasteiger partial charge is 0.0597 e. The summed E-state index contributed by atoms with van der Waals surface area (Å²) in [5.41, 5.74) is 7.91. The second-order valence-electron chi connectivity index (χ2n) is 4.43. The Hall–Kier alpha value is -1.26. The van der Waals surface area contributed by atoms with Gasteiger partial charge >= 0.3 is 0 Å². The van der Waals surface area contributed by atoms with Crippen molar-refractivity contribution in [3.63, 3.8) is 0 Å². The van der Waals surface area contributed by atoms with Gasteiger partial charge in [-0.25, -0.2) is 0 Å². The van der Waals surface area contributed by atoms with E-state index in [4.69, 9.17) is 10.5 Å². The Kier molecular flexibility index (Phi) is 4.23. The predicted octanol–water partition coefficient (Wildman–Crippen LogP) is 1.04. The van der Waals surface area contributed by atoms with E-state index in [2.05, 4.69) is 22.9 Å². The molecule has 0 saturated carbocycles. The molecule has 1 aliphatic heterocycles. The average molecular weight is 235 g/mol. The highest BCUT2D eigenvalue weighted by molar-refractivity contribution is 5.66. The summed E-state index contributed by atoms with van der Waals surface area (Å²) < 4.78 is 5.33. The van der Waals surface area contributed by atoms with Crippen molar-refractivity contribution < 1.29 is 4.74 Å². The molecule has 1 aromatic carbocycles. The van der Waals surface area contributed by atoms with Gasteiger partial charge < -0.3 is 15.4 Å². The molecule has 1 aliphatic rings. The summed E-state index contributed by atoms with van der Waals surface area (Å²) in [6.07, 6.45) is 0. The Labute approximate surface area is 103 Å². The maximum atomic E-state index is 5.95. The summed E-state index contributed by atoms with van der Waals surface area (Å²) in [5, 5.41) is 0. The van der Waals surface area contributed by atoms with Crippen LogP contribution in [0.1, 0.15) is 0 Å². The standard InChI is InChI=1S/C13H21N3O/c1-15(13-5-3-2-4-12(13)14)6-7-16-8-10-17-11-9-16/h2-5H,6-11,14H2,1H3. The second-order valence-corrected chi connectivity index (χ2v) is 4.43. The number of hydrogen-bond acceptors (Lipinski definition) is 4. The van der Waals surface area contributed by atoms with Crippen LogP contribution >= 0.6 is 0 Å². The van der Waals surface area contributed by atoms with Crippen molar-refractivity contribution in [2.75, 3.05) is 57.1 Å². The van der Waals surface area contributed by atoms with E-state index >= 15 is 0 Å². The van der Waals surface area contributed by atoms with Crippen molar-refractivity contribution in [2.45, 2.75) is 0 Å². The molecule has 94 valence electrons. The molecule has 1 fully saturated rings. The summed E-state index contributed by atoms with van der Waals surface area (Å²) in [4.78, 5) is 4.64. The average Bonchev–Trinajstić information content (AvgIpc) is 2.38. The topological polar surface area (TPSA) is 41.7 Å². The molecule has 0 radical (unpaired) electrons. The zero-order chi connectivity index (χ0) is 12.1. The lowest BCUT2D eigenvalue weighted by Gasteiger charge is -2.29. The van der Waals surface area contributed by atoms with E-state index < -0.39 is 0 Å². The van der Waals surface area contributed by atoms with Gasteiger partial charge in [0, 0.05) is 33.2 Å². The minimum absolute atomic E-state index is 0.844. The number of nitrogen functional groups attached to an aromatic ring is 1. The van der Waals surface area contributed by atoms with Crippen LogP contribution in [-0.4, -0.2) is 51.3 Å². The zero-order valence-corrected chi connectivity index (χ0v) is 10.4. The third-order valence-electron chi connectivity index (χ3n) is 3.20. The number of anilines is 2. The number of likely N-dealkylation sites (N-methyl/N-ethyl adjacent to an activating group) is 1. The van der Waals surface area contributed by atoms with E-state index in [-0.39, 0.29) is 0 Å². The molecule has 0 aromatic heterocycles. The molecule has 1 heterocycles. The third-order valence-corrected chi connectivity index (χ3v) is 3.20. The van der Waals surface area contributed by atoms with E-state index in [0.717, 1.165) is 50.8 Å². The normalized spacial score (nSPS) is 17.0. The number of benzene rings is 1. The van der Waals surface area contributed by atoms with Crippen LogP contribution in [0.25, 0.3) is 0 Å². The monoisotopic (exact) mass is 235 g/mol. The quantitative estimate of drug-likeness (QED) is 0.792. The Bertz CT molecular complexity index is 350. The molecule has 2 rings (SSSR count). The van der Waals surface area contributed by atoms with Gasteiger partial charge in [0.15, 0.2) is 0 Å². The van der Waals surface area contributed by atoms with Crippen molar-refractivity contribution in [3.8, 4) is 0 Å². The van der Waals surface area contributed by atoms with Gasteiger partial charge in [-0.15, -0.1) is 0 Å². The first-order valence-corrected chi connectivity index (χ1v) is 6.13. The predicted molar refractivity (Wildman–Crippen MR) is 71.4 cm³/mol. The van der Waals surface area contributed by atoms with Crippen molar-refractivity contribution in [3.05, 3.63) is 24.3 Å². The summed E-state index contributed by atoms with van der Waals surface area (Å²) >= 11 is 0. The summed E-state index contributed by atoms with van der Waals surface area (Å²) in [5.74, 6) is 0. The van der Waals surface area contributed by atoms with Gasteiger partial charge in [0.05, 0.1) is 24.6 Å². The molecule has 1 saturated heterocycles. The zero-order valence-electron chi connectivity index (χ0n) is 10.4. The molecule has 17 heavy (non-hydrogen) atoms. The van der Waals surface area contributed by atoms with Crippen molar-refractivity contribution in [2.24, 2.45) is 0 Å². The van der Waals surface area contributed by atoms with E-state index in [9.17, 15) is 0 Å². The van der Waals surface area contributed by atoms with Crippen LogP contribution in [0.3, 0.4) is 0 Å². The Balaban J connectivity index is 1.84. The Morgan fingerprint density at radius 3 is 2.71 bits per heavy atom. The highest BCUT2D eigenvalue weighted by atomic mass is 16.5. The minimum Gasteiger partial charge on any atom is -0.397 e. The van der Waals surface area contributed by atoms with Crippen molar-refractivity contribution in [1.82, 2.24) is 4.90 Å². The first-order valence-electron chi connectivity index (χ1n) is 6.13. The number of nitrogens with zero attached hydrogens (tertiary/aromatic N) is 2. The van der Waals surface area contributed by atoms with Gasteiger partial charge in [-0.1, -0.05) is 12.1 Å². The van der Waals surface area contributed by atoms with Gasteiger partial charge in [0.2, 0.25) is 0 Å². The number of morpholine rings is 1. The Morgan fingerprint density at radius 2 is 2.00 bits per heavy atom. The number of rotatable bonds is 4. The van der Waals surface area contributed by atoms with Crippen LogP contribution < -0.4 is 10.6 Å². The molecule has 0 atom stereocenters. The maximum absolute atomic E-state index is 5.95. The highest BCUT2D eigenvalue weighted by Gasteiger charge is 2.11. The van der Waals surface area contributed by atoms with E-state index in [0.29, 0.717) is 0 Å². The summed E-state index contributed by atoms with van der Waals surface area (Å²) in [6.45, 7) is 5.85. The molecule has 4 nitrogen and oxygen atoms in total. The molecule has 0 aliphatic carbocycles. The fourth-order valence-electron chi connectivity index (χ4n) is 2.07. The summed E-state index contributed by atoms with van der Waals surface area (Å²) in [7, 11) is 2.09. The first-order chi connectivity index (χ1) is 8.27. The molecule has 4 heteroatoms. The fourth-order valence-corrected chi connectivity index (χ4v) is 2.07. The van der Waals surface area contributed by atoms with Crippen LogP contribution in [0, 0.1) is 0 Å². The minimum atomic E-state index is 0.844. The largest absolute Gasteiger partial charge is 0.397 e. The molecule has 1 aromatic rings. The lowest BCUT2D eigenvalue weighted by atomic mass is 10.2. The number of hydrogen-bond donors (Lipinski definition) is 1. The lowest BCUT2D eigenvalue weighted by Crippen LogP contribution is -2.40. The van der Waals surface area contributed by atoms with E-state index in [1.807, 2.05) is 18.2 Å². The highest BCUT2D eigenvalue weighted by Crippen LogP contribution is 2.20.